The van der Waals surface area contributed by atoms with Gasteiger partial charge in [0, 0.05) is 19.3 Å². The van der Waals surface area contributed by atoms with Crippen molar-refractivity contribution in [2.75, 3.05) is 5.32 Å². The molecule has 2 rings (SSSR count). The van der Waals surface area contributed by atoms with E-state index in [1.165, 1.54) is 0 Å². The number of anilines is 1. The smallest absolute Gasteiger partial charge is 0.228 e. The summed E-state index contributed by atoms with van der Waals surface area (Å²) < 4.78 is 1.77. The van der Waals surface area contributed by atoms with Crippen LogP contribution in [-0.2, 0) is 24.3 Å². The lowest BCUT2D eigenvalue weighted by Crippen LogP contribution is -2.14. The molecule has 5 nitrogen and oxygen atoms in total. The Balaban J connectivity index is 1.93. The quantitative estimate of drug-likeness (QED) is 0.854. The van der Waals surface area contributed by atoms with Crippen LogP contribution in [0.2, 0.25) is 0 Å². The SMILES string of the molecule is CCn1cc(NC(=O)Cc2ccc(CN)cc2)cn1. The zero-order valence-electron chi connectivity index (χ0n) is 11.0. The van der Waals surface area contributed by atoms with E-state index in [0.717, 1.165) is 23.4 Å². The fourth-order valence-corrected chi connectivity index (χ4v) is 1.78. The molecule has 1 aromatic carbocycles. The summed E-state index contributed by atoms with van der Waals surface area (Å²) in [6, 6.07) is 7.74. The van der Waals surface area contributed by atoms with Gasteiger partial charge in [0.2, 0.25) is 5.91 Å². The molecule has 0 aliphatic rings. The molecule has 100 valence electrons. The zero-order valence-corrected chi connectivity index (χ0v) is 11.0. The number of hydrogen-bond donors (Lipinski definition) is 2. The number of nitrogens with one attached hydrogen (secondary N) is 1. The van der Waals surface area contributed by atoms with Crippen molar-refractivity contribution in [3.8, 4) is 0 Å². The van der Waals surface area contributed by atoms with E-state index in [9.17, 15) is 4.79 Å². The van der Waals surface area contributed by atoms with Gasteiger partial charge in [-0.05, 0) is 18.1 Å². The highest BCUT2D eigenvalue weighted by Gasteiger charge is 2.05. The highest BCUT2D eigenvalue weighted by atomic mass is 16.1. The molecule has 19 heavy (non-hydrogen) atoms. The number of hydrogen-bond acceptors (Lipinski definition) is 3. The minimum atomic E-state index is -0.0452. The van der Waals surface area contributed by atoms with Gasteiger partial charge in [-0.1, -0.05) is 24.3 Å². The van der Waals surface area contributed by atoms with E-state index in [-0.39, 0.29) is 5.91 Å². The van der Waals surface area contributed by atoms with Crippen molar-refractivity contribution in [2.24, 2.45) is 5.73 Å². The van der Waals surface area contributed by atoms with Crippen molar-refractivity contribution < 1.29 is 4.79 Å². The standard InChI is InChI=1S/C14H18N4O/c1-2-18-10-13(9-16-18)17-14(19)7-11-3-5-12(8-15)6-4-11/h3-6,9-10H,2,7-8,15H2,1H3,(H,17,19). The largest absolute Gasteiger partial charge is 0.326 e. The van der Waals surface area contributed by atoms with E-state index in [1.807, 2.05) is 37.4 Å². The summed E-state index contributed by atoms with van der Waals surface area (Å²) in [6.45, 7) is 3.30. The molecular formula is C14H18N4O. The second kappa shape index (κ2) is 6.15. The molecule has 0 aliphatic carbocycles. The van der Waals surface area contributed by atoms with Gasteiger partial charge in [0.05, 0.1) is 18.3 Å². The van der Waals surface area contributed by atoms with E-state index >= 15 is 0 Å². The van der Waals surface area contributed by atoms with Crippen LogP contribution in [0.4, 0.5) is 5.69 Å². The van der Waals surface area contributed by atoms with Crippen molar-refractivity contribution in [3.63, 3.8) is 0 Å². The van der Waals surface area contributed by atoms with Crippen LogP contribution in [0.3, 0.4) is 0 Å². The second-order valence-corrected chi connectivity index (χ2v) is 4.33. The van der Waals surface area contributed by atoms with Crippen LogP contribution < -0.4 is 11.1 Å². The van der Waals surface area contributed by atoms with Crippen molar-refractivity contribution in [1.29, 1.82) is 0 Å². The summed E-state index contributed by atoms with van der Waals surface area (Å²) in [6.07, 6.45) is 3.82. The van der Waals surface area contributed by atoms with Crippen LogP contribution in [0.25, 0.3) is 0 Å². The lowest BCUT2D eigenvalue weighted by molar-refractivity contribution is -0.115. The summed E-state index contributed by atoms with van der Waals surface area (Å²) in [7, 11) is 0. The predicted octanol–water partition coefficient (Wildman–Crippen LogP) is 1.54. The molecule has 0 aliphatic heterocycles. The lowest BCUT2D eigenvalue weighted by atomic mass is 10.1. The number of rotatable bonds is 5. The number of nitrogens with zero attached hydrogens (tertiary/aromatic N) is 2. The van der Waals surface area contributed by atoms with Gasteiger partial charge in [0.25, 0.3) is 0 Å². The third-order valence-electron chi connectivity index (χ3n) is 2.86. The first kappa shape index (κ1) is 13.3. The van der Waals surface area contributed by atoms with Gasteiger partial charge in [-0.25, -0.2) is 0 Å². The number of amides is 1. The molecule has 1 aromatic heterocycles. The number of carbonyl (C=O) groups excluding carboxylic acids is 1. The molecule has 0 saturated carbocycles. The Morgan fingerprint density at radius 1 is 1.32 bits per heavy atom. The Morgan fingerprint density at radius 3 is 2.58 bits per heavy atom. The van der Waals surface area contributed by atoms with Crippen molar-refractivity contribution in [1.82, 2.24) is 9.78 Å². The molecule has 0 saturated heterocycles. The molecule has 5 heteroatoms. The highest BCUT2D eigenvalue weighted by Crippen LogP contribution is 2.08. The first-order chi connectivity index (χ1) is 9.21. The topological polar surface area (TPSA) is 72.9 Å². The zero-order chi connectivity index (χ0) is 13.7. The molecule has 0 spiro atoms. The molecule has 0 atom stereocenters. The van der Waals surface area contributed by atoms with E-state index < -0.39 is 0 Å². The average molecular weight is 258 g/mol. The fraction of sp³-hybridized carbons (Fsp3) is 0.286. The predicted molar refractivity (Wildman–Crippen MR) is 74.6 cm³/mol. The number of aryl methyl sites for hydroxylation is 1. The molecule has 0 radical (unpaired) electrons. The molecule has 1 amide bonds. The molecule has 1 heterocycles. The Labute approximate surface area is 112 Å². The van der Waals surface area contributed by atoms with Crippen molar-refractivity contribution >= 4 is 11.6 Å². The summed E-state index contributed by atoms with van der Waals surface area (Å²) in [5.41, 5.74) is 8.29. The average Bonchev–Trinajstić information content (AvgIpc) is 2.87. The third kappa shape index (κ3) is 3.66. The van der Waals surface area contributed by atoms with Crippen molar-refractivity contribution in [3.05, 3.63) is 47.8 Å². The molecule has 2 aromatic rings. The van der Waals surface area contributed by atoms with Crippen LogP contribution in [0.1, 0.15) is 18.1 Å². The first-order valence-corrected chi connectivity index (χ1v) is 6.31. The molecule has 0 unspecified atom stereocenters. The van der Waals surface area contributed by atoms with E-state index in [0.29, 0.717) is 13.0 Å². The van der Waals surface area contributed by atoms with Crippen LogP contribution in [0.5, 0.6) is 0 Å². The molecule has 0 fully saturated rings. The number of carbonyl (C=O) groups is 1. The lowest BCUT2D eigenvalue weighted by Gasteiger charge is -2.03. The van der Waals surface area contributed by atoms with Crippen LogP contribution >= 0.6 is 0 Å². The first-order valence-electron chi connectivity index (χ1n) is 6.31. The maximum Gasteiger partial charge on any atom is 0.228 e. The highest BCUT2D eigenvalue weighted by molar-refractivity contribution is 5.91. The Morgan fingerprint density at radius 2 is 2.00 bits per heavy atom. The summed E-state index contributed by atoms with van der Waals surface area (Å²) in [5, 5.41) is 6.93. The molecule has 0 bridgehead atoms. The van der Waals surface area contributed by atoms with E-state index in [2.05, 4.69) is 10.4 Å². The van der Waals surface area contributed by atoms with E-state index in [4.69, 9.17) is 5.73 Å². The van der Waals surface area contributed by atoms with Gasteiger partial charge in [0.15, 0.2) is 0 Å². The number of aromatic nitrogens is 2. The minimum Gasteiger partial charge on any atom is -0.326 e. The normalized spacial score (nSPS) is 10.4. The maximum absolute atomic E-state index is 11.9. The second-order valence-electron chi connectivity index (χ2n) is 4.33. The third-order valence-corrected chi connectivity index (χ3v) is 2.86. The van der Waals surface area contributed by atoms with Crippen molar-refractivity contribution in [2.45, 2.75) is 26.4 Å². The summed E-state index contributed by atoms with van der Waals surface area (Å²) in [5.74, 6) is -0.0452. The van der Waals surface area contributed by atoms with Gasteiger partial charge in [-0.2, -0.15) is 5.10 Å². The van der Waals surface area contributed by atoms with Gasteiger partial charge in [-0.3, -0.25) is 9.48 Å². The summed E-state index contributed by atoms with van der Waals surface area (Å²) >= 11 is 0. The van der Waals surface area contributed by atoms with Gasteiger partial charge >= 0.3 is 0 Å². The number of benzene rings is 1. The van der Waals surface area contributed by atoms with Crippen LogP contribution in [0, 0.1) is 0 Å². The van der Waals surface area contributed by atoms with Crippen LogP contribution in [0.15, 0.2) is 36.7 Å². The monoisotopic (exact) mass is 258 g/mol. The van der Waals surface area contributed by atoms with E-state index in [1.54, 1.807) is 10.9 Å². The van der Waals surface area contributed by atoms with Gasteiger partial charge < -0.3 is 11.1 Å². The van der Waals surface area contributed by atoms with Gasteiger partial charge in [0.1, 0.15) is 0 Å². The summed E-state index contributed by atoms with van der Waals surface area (Å²) in [4.78, 5) is 11.9. The number of nitrogens with two attached hydrogens (primary N) is 1. The molecule has 3 N–H and O–H groups in total. The van der Waals surface area contributed by atoms with Crippen LogP contribution in [-0.4, -0.2) is 15.7 Å². The Kier molecular flexibility index (Phi) is 4.30. The molecular weight excluding hydrogens is 240 g/mol. The fourth-order valence-electron chi connectivity index (χ4n) is 1.78. The maximum atomic E-state index is 11.9. The Hall–Kier alpha value is -2.14. The minimum absolute atomic E-state index is 0.0452. The Bertz CT molecular complexity index is 545. The van der Waals surface area contributed by atoms with Gasteiger partial charge in [-0.15, -0.1) is 0 Å².